The molecule has 0 unspecified atom stereocenters. The number of carbonyl (C=O) groups is 1. The number of aliphatic hydroxyl groups excluding tert-OH is 1. The Labute approximate surface area is 214 Å². The smallest absolute Gasteiger partial charge is 0.404 e. The van der Waals surface area contributed by atoms with E-state index in [2.05, 4.69) is 37.1 Å². The normalized spacial score (nSPS) is 14.8. The number of likely N-dealkylation sites (N-methyl/N-ethyl adjacent to an activating group) is 1. The van der Waals surface area contributed by atoms with Gasteiger partial charge in [0.15, 0.2) is 11.4 Å². The molecule has 11 nitrogen and oxygen atoms in total. The summed E-state index contributed by atoms with van der Waals surface area (Å²) in [4.78, 5) is 24.2. The molecule has 0 bridgehead atoms. The summed E-state index contributed by atoms with van der Waals surface area (Å²) >= 11 is 0. The van der Waals surface area contributed by atoms with E-state index in [0.29, 0.717) is 21.8 Å². The van der Waals surface area contributed by atoms with E-state index < -0.39 is 18.0 Å². The van der Waals surface area contributed by atoms with Crippen LogP contribution in [0, 0.1) is 0 Å². The van der Waals surface area contributed by atoms with E-state index in [0.717, 1.165) is 31.9 Å². The van der Waals surface area contributed by atoms with Crippen molar-refractivity contribution in [3.05, 3.63) is 42.2 Å². The van der Waals surface area contributed by atoms with E-state index in [1.807, 2.05) is 0 Å². The van der Waals surface area contributed by atoms with Crippen LogP contribution in [0.2, 0.25) is 0 Å². The van der Waals surface area contributed by atoms with E-state index >= 15 is 0 Å². The van der Waals surface area contributed by atoms with Crippen molar-refractivity contribution in [3.8, 4) is 5.75 Å². The molecule has 5 N–H and O–H groups in total. The Bertz CT molecular complexity index is 1500. The molecule has 0 radical (unpaired) electrons. The lowest BCUT2D eigenvalue weighted by Crippen LogP contribution is -3.12. The number of benzene rings is 2. The molecule has 4 aromatic rings. The quantitative estimate of drug-likeness (QED) is 0.278. The predicted molar refractivity (Wildman–Crippen MR) is 134 cm³/mol. The highest BCUT2D eigenvalue weighted by Crippen LogP contribution is 2.36. The van der Waals surface area contributed by atoms with Crippen molar-refractivity contribution in [1.29, 1.82) is 0 Å². The van der Waals surface area contributed by atoms with Crippen molar-refractivity contribution < 1.29 is 32.7 Å². The van der Waals surface area contributed by atoms with E-state index in [-0.39, 0.29) is 30.5 Å². The van der Waals surface area contributed by atoms with E-state index in [1.54, 1.807) is 24.3 Å². The van der Waals surface area contributed by atoms with Gasteiger partial charge in [0, 0.05) is 22.7 Å². The molecule has 5 rings (SSSR count). The molecule has 1 fully saturated rings. The summed E-state index contributed by atoms with van der Waals surface area (Å²) in [5.41, 5.74) is 7.10. The summed E-state index contributed by atoms with van der Waals surface area (Å²) in [5.74, 6) is -1.16. The van der Waals surface area contributed by atoms with Gasteiger partial charge in [0.05, 0.1) is 57.6 Å². The number of ether oxygens (including phenoxy) is 1. The van der Waals surface area contributed by atoms with Gasteiger partial charge < -0.3 is 30.7 Å². The van der Waals surface area contributed by atoms with Crippen LogP contribution in [0.25, 0.3) is 21.8 Å². The van der Waals surface area contributed by atoms with Crippen molar-refractivity contribution in [1.82, 2.24) is 19.7 Å². The number of fused-ring (bicyclic) bond motifs is 3. The SMILES string of the molecule is C[NH+]1CCN(c2ccc(OC(F)(F)F)c(Nc3ncc4ccc5c(C(N)=O)nn(CCO)c5c4n3)c2)CC1. The van der Waals surface area contributed by atoms with Gasteiger partial charge in [-0.3, -0.25) is 9.48 Å². The highest BCUT2D eigenvalue weighted by Gasteiger charge is 2.32. The number of nitrogens with one attached hydrogen (secondary N) is 2. The van der Waals surface area contributed by atoms with Crippen molar-refractivity contribution in [2.24, 2.45) is 5.73 Å². The Morgan fingerprint density at radius 3 is 2.68 bits per heavy atom. The lowest BCUT2D eigenvalue weighted by Gasteiger charge is -2.32. The second-order valence-electron chi connectivity index (χ2n) is 9.05. The number of hydrogen-bond donors (Lipinski definition) is 4. The van der Waals surface area contributed by atoms with Gasteiger partial charge in [-0.15, -0.1) is 13.2 Å². The minimum atomic E-state index is -4.90. The third-order valence-corrected chi connectivity index (χ3v) is 6.42. The van der Waals surface area contributed by atoms with Crippen LogP contribution < -0.4 is 25.6 Å². The zero-order chi connectivity index (χ0) is 27.0. The van der Waals surface area contributed by atoms with Crippen molar-refractivity contribution in [2.75, 3.05) is 50.1 Å². The average molecular weight is 532 g/mol. The molecule has 1 amide bonds. The number of anilines is 3. The van der Waals surface area contributed by atoms with Gasteiger partial charge in [-0.2, -0.15) is 5.10 Å². The van der Waals surface area contributed by atoms with Crippen LogP contribution in [-0.4, -0.2) is 77.0 Å². The number of aliphatic hydroxyl groups is 1. The number of alkyl halides is 3. The molecule has 3 heterocycles. The number of halogens is 3. The molecule has 0 saturated carbocycles. The van der Waals surface area contributed by atoms with E-state index in [9.17, 15) is 23.1 Å². The Hall–Kier alpha value is -4.17. The van der Waals surface area contributed by atoms with Crippen LogP contribution in [-0.2, 0) is 6.54 Å². The largest absolute Gasteiger partial charge is 0.573 e. The van der Waals surface area contributed by atoms with Gasteiger partial charge in [0.2, 0.25) is 5.95 Å². The number of rotatable bonds is 7. The summed E-state index contributed by atoms with van der Waals surface area (Å²) in [6.45, 7) is 3.15. The fraction of sp³-hybridized carbons (Fsp3) is 0.333. The van der Waals surface area contributed by atoms with Crippen LogP contribution in [0.1, 0.15) is 10.5 Å². The number of amides is 1. The lowest BCUT2D eigenvalue weighted by molar-refractivity contribution is -0.880. The molecule has 1 saturated heterocycles. The summed E-state index contributed by atoms with van der Waals surface area (Å²) < 4.78 is 45.2. The number of nitrogens with zero attached hydrogens (tertiary/aromatic N) is 5. The number of piperazine rings is 1. The molecular weight excluding hydrogens is 505 g/mol. The molecule has 2 aromatic carbocycles. The van der Waals surface area contributed by atoms with Gasteiger partial charge in [-0.05, 0) is 24.3 Å². The Morgan fingerprint density at radius 1 is 1.24 bits per heavy atom. The molecule has 14 heteroatoms. The van der Waals surface area contributed by atoms with Gasteiger partial charge in [-0.25, -0.2) is 9.97 Å². The van der Waals surface area contributed by atoms with Crippen LogP contribution in [0.5, 0.6) is 5.75 Å². The van der Waals surface area contributed by atoms with Crippen LogP contribution in [0.3, 0.4) is 0 Å². The zero-order valence-electron chi connectivity index (χ0n) is 20.4. The maximum absolute atomic E-state index is 13.2. The fourth-order valence-electron chi connectivity index (χ4n) is 4.55. The minimum Gasteiger partial charge on any atom is -0.404 e. The van der Waals surface area contributed by atoms with Gasteiger partial charge >= 0.3 is 6.36 Å². The number of aromatic nitrogens is 4. The first-order valence-electron chi connectivity index (χ1n) is 11.9. The molecule has 38 heavy (non-hydrogen) atoms. The first-order chi connectivity index (χ1) is 18.1. The number of carbonyl (C=O) groups excluding carboxylic acids is 1. The maximum Gasteiger partial charge on any atom is 0.573 e. The molecule has 2 aromatic heterocycles. The second-order valence-corrected chi connectivity index (χ2v) is 9.05. The molecule has 1 aliphatic heterocycles. The van der Waals surface area contributed by atoms with Gasteiger partial charge in [0.1, 0.15) is 5.52 Å². The lowest BCUT2D eigenvalue weighted by atomic mass is 10.1. The summed E-state index contributed by atoms with van der Waals surface area (Å²) in [6, 6.07) is 7.79. The third-order valence-electron chi connectivity index (χ3n) is 6.42. The highest BCUT2D eigenvalue weighted by atomic mass is 19.4. The Balaban J connectivity index is 1.58. The first-order valence-corrected chi connectivity index (χ1v) is 11.9. The molecule has 0 atom stereocenters. The molecule has 0 aliphatic carbocycles. The average Bonchev–Trinajstić information content (AvgIpc) is 3.24. The number of nitrogens with two attached hydrogens (primary N) is 1. The Kier molecular flexibility index (Phi) is 6.67. The fourth-order valence-corrected chi connectivity index (χ4v) is 4.55. The van der Waals surface area contributed by atoms with Crippen LogP contribution >= 0.6 is 0 Å². The third kappa shape index (κ3) is 5.13. The van der Waals surface area contributed by atoms with Gasteiger partial charge in [0.25, 0.3) is 5.91 Å². The van der Waals surface area contributed by atoms with Crippen molar-refractivity contribution in [3.63, 3.8) is 0 Å². The minimum absolute atomic E-state index is 0.00868. The number of primary amides is 1. The highest BCUT2D eigenvalue weighted by molar-refractivity contribution is 6.11. The summed E-state index contributed by atoms with van der Waals surface area (Å²) in [6.07, 6.45) is -3.39. The van der Waals surface area contributed by atoms with Crippen molar-refractivity contribution in [2.45, 2.75) is 12.9 Å². The Morgan fingerprint density at radius 2 is 2.00 bits per heavy atom. The molecule has 0 spiro atoms. The summed E-state index contributed by atoms with van der Waals surface area (Å²) in [5, 5.41) is 17.6. The zero-order valence-corrected chi connectivity index (χ0v) is 20.4. The molecule has 200 valence electrons. The van der Waals surface area contributed by atoms with Crippen molar-refractivity contribution >= 4 is 45.0 Å². The number of hydrogen-bond acceptors (Lipinski definition) is 8. The molecular formula is C24H26F3N8O3+. The molecule has 1 aliphatic rings. The van der Waals surface area contributed by atoms with Gasteiger partial charge in [-0.1, -0.05) is 6.07 Å². The first kappa shape index (κ1) is 25.5. The predicted octanol–water partition coefficient (Wildman–Crippen LogP) is 1.05. The standard InChI is InChI=1S/C24H25F3N8O3/c1-33-6-8-34(9-7-33)15-3-5-18(38-24(25,26)27)17(12-15)30-23-29-13-14-2-4-16-20(22(28)37)32-35(10-11-36)21(16)19(14)31-23/h2-5,12-13,36H,6-11H2,1H3,(H2,28,37)(H,29,30,31)/p+1. The van der Waals surface area contributed by atoms with E-state index in [4.69, 9.17) is 5.73 Å². The monoisotopic (exact) mass is 531 g/mol. The summed E-state index contributed by atoms with van der Waals surface area (Å²) in [7, 11) is 2.09. The number of quaternary nitrogens is 1. The van der Waals surface area contributed by atoms with Crippen LogP contribution in [0.15, 0.2) is 36.5 Å². The van der Waals surface area contributed by atoms with Crippen LogP contribution in [0.4, 0.5) is 30.5 Å². The second kappa shape index (κ2) is 9.95. The van der Waals surface area contributed by atoms with E-state index in [1.165, 1.54) is 21.8 Å². The topological polar surface area (TPSA) is 136 Å². The maximum atomic E-state index is 13.2.